The zero-order valence-electron chi connectivity index (χ0n) is 15.8. The Hall–Kier alpha value is -2.65. The predicted octanol–water partition coefficient (Wildman–Crippen LogP) is -1.19. The SMILES string of the molecule is COc1cc2nc(C[NH+](C)CC(=O)N3CCOCC3)[nH]c(=O)c2cc1OC. The molecule has 1 aromatic carbocycles. The smallest absolute Gasteiger partial charge is 0.277 e. The quantitative estimate of drug-likeness (QED) is 0.657. The van der Waals surface area contributed by atoms with E-state index in [1.54, 1.807) is 17.0 Å². The Morgan fingerprint density at radius 2 is 1.93 bits per heavy atom. The summed E-state index contributed by atoms with van der Waals surface area (Å²) >= 11 is 0. The average Bonchev–Trinajstić information content (AvgIpc) is 2.67. The van der Waals surface area contributed by atoms with Gasteiger partial charge in [-0.1, -0.05) is 0 Å². The van der Waals surface area contributed by atoms with Crippen LogP contribution in [0.1, 0.15) is 5.82 Å². The number of morpholine rings is 1. The molecular formula is C18H25N4O5+. The molecule has 2 heterocycles. The van der Waals surface area contributed by atoms with Gasteiger partial charge in [0.2, 0.25) is 0 Å². The van der Waals surface area contributed by atoms with Gasteiger partial charge in [-0.2, -0.15) is 0 Å². The highest BCUT2D eigenvalue weighted by Crippen LogP contribution is 2.29. The number of hydrogen-bond donors (Lipinski definition) is 2. The first kappa shape index (κ1) is 19.1. The molecule has 0 spiro atoms. The fraction of sp³-hybridized carbons (Fsp3) is 0.500. The number of ether oxygens (including phenoxy) is 3. The highest BCUT2D eigenvalue weighted by atomic mass is 16.5. The van der Waals surface area contributed by atoms with Gasteiger partial charge in [0.1, 0.15) is 6.54 Å². The fourth-order valence-corrected chi connectivity index (χ4v) is 3.13. The van der Waals surface area contributed by atoms with Crippen LogP contribution in [0, 0.1) is 0 Å². The summed E-state index contributed by atoms with van der Waals surface area (Å²) in [5, 5.41) is 0.429. The summed E-state index contributed by atoms with van der Waals surface area (Å²) in [6, 6.07) is 3.30. The number of hydrogen-bond acceptors (Lipinski definition) is 6. The van der Waals surface area contributed by atoms with Gasteiger partial charge in [0.25, 0.3) is 11.5 Å². The van der Waals surface area contributed by atoms with E-state index in [4.69, 9.17) is 14.2 Å². The zero-order chi connectivity index (χ0) is 19.4. The first-order valence-electron chi connectivity index (χ1n) is 8.83. The molecule has 27 heavy (non-hydrogen) atoms. The highest BCUT2D eigenvalue weighted by molar-refractivity contribution is 5.81. The largest absolute Gasteiger partial charge is 0.493 e. The summed E-state index contributed by atoms with van der Waals surface area (Å²) in [6.45, 7) is 3.16. The van der Waals surface area contributed by atoms with E-state index < -0.39 is 0 Å². The molecule has 1 amide bonds. The van der Waals surface area contributed by atoms with Gasteiger partial charge in [-0.3, -0.25) is 9.59 Å². The number of nitrogens with one attached hydrogen (secondary N) is 2. The summed E-state index contributed by atoms with van der Waals surface area (Å²) in [7, 11) is 4.95. The van der Waals surface area contributed by atoms with Crippen LogP contribution < -0.4 is 19.9 Å². The van der Waals surface area contributed by atoms with E-state index in [1.165, 1.54) is 14.2 Å². The molecule has 0 radical (unpaired) electrons. The van der Waals surface area contributed by atoms with E-state index in [9.17, 15) is 9.59 Å². The van der Waals surface area contributed by atoms with Crippen LogP contribution in [-0.4, -0.2) is 74.9 Å². The minimum absolute atomic E-state index is 0.0744. The Balaban J connectivity index is 1.76. The van der Waals surface area contributed by atoms with Crippen molar-refractivity contribution >= 4 is 16.8 Å². The van der Waals surface area contributed by atoms with Gasteiger partial charge in [-0.15, -0.1) is 0 Å². The summed E-state index contributed by atoms with van der Waals surface area (Å²) in [4.78, 5) is 34.8. The summed E-state index contributed by atoms with van der Waals surface area (Å²) in [5.41, 5.74) is 0.280. The average molecular weight is 377 g/mol. The molecule has 1 aromatic heterocycles. The lowest BCUT2D eigenvalue weighted by atomic mass is 10.2. The maximum atomic E-state index is 12.4. The van der Waals surface area contributed by atoms with Crippen LogP contribution in [0.25, 0.3) is 10.9 Å². The van der Waals surface area contributed by atoms with E-state index in [0.29, 0.717) is 67.6 Å². The number of likely N-dealkylation sites (N-methyl/N-ethyl adjacent to an activating group) is 1. The third kappa shape index (κ3) is 4.37. The molecule has 1 fully saturated rings. The van der Waals surface area contributed by atoms with Crippen molar-refractivity contribution in [2.45, 2.75) is 6.54 Å². The number of benzene rings is 1. The lowest BCUT2D eigenvalue weighted by Crippen LogP contribution is -3.09. The molecule has 3 rings (SSSR count). The van der Waals surface area contributed by atoms with Crippen molar-refractivity contribution in [1.82, 2.24) is 14.9 Å². The van der Waals surface area contributed by atoms with E-state index in [0.717, 1.165) is 4.90 Å². The molecule has 0 saturated carbocycles. The molecule has 2 N–H and O–H groups in total. The van der Waals surface area contributed by atoms with Crippen LogP contribution in [-0.2, 0) is 16.1 Å². The summed E-state index contributed by atoms with van der Waals surface area (Å²) in [6.07, 6.45) is 0. The normalized spacial score (nSPS) is 15.6. The minimum Gasteiger partial charge on any atom is -0.493 e. The number of nitrogens with zero attached hydrogens (tertiary/aromatic N) is 2. The van der Waals surface area contributed by atoms with Crippen molar-refractivity contribution in [1.29, 1.82) is 0 Å². The first-order chi connectivity index (χ1) is 13.0. The van der Waals surface area contributed by atoms with Crippen LogP contribution in [0.2, 0.25) is 0 Å². The lowest BCUT2D eigenvalue weighted by molar-refractivity contribution is -0.886. The van der Waals surface area contributed by atoms with Gasteiger partial charge in [0.05, 0.1) is 45.4 Å². The lowest BCUT2D eigenvalue weighted by Gasteiger charge is -2.27. The van der Waals surface area contributed by atoms with Gasteiger partial charge < -0.3 is 29.0 Å². The van der Waals surface area contributed by atoms with E-state index in [1.807, 2.05) is 7.05 Å². The number of aromatic nitrogens is 2. The molecule has 2 aromatic rings. The van der Waals surface area contributed by atoms with Crippen molar-refractivity contribution in [3.63, 3.8) is 0 Å². The van der Waals surface area contributed by atoms with Crippen molar-refractivity contribution < 1.29 is 23.9 Å². The number of carbonyl (C=O) groups excluding carboxylic acids is 1. The minimum atomic E-state index is -0.247. The standard InChI is InChI=1S/C18H24N4O5/c1-21(11-17(23)22-4-6-27-7-5-22)10-16-19-13-9-15(26-3)14(25-2)8-12(13)18(24)20-16/h8-9H,4-7,10-11H2,1-3H3,(H,19,20,24)/p+1. The number of fused-ring (bicyclic) bond motifs is 1. The van der Waals surface area contributed by atoms with Crippen LogP contribution in [0.3, 0.4) is 0 Å². The maximum absolute atomic E-state index is 12.4. The van der Waals surface area contributed by atoms with Gasteiger partial charge in [-0.25, -0.2) is 4.98 Å². The van der Waals surface area contributed by atoms with Crippen molar-refractivity contribution in [2.24, 2.45) is 0 Å². The maximum Gasteiger partial charge on any atom is 0.277 e. The number of amides is 1. The molecule has 146 valence electrons. The molecule has 1 unspecified atom stereocenters. The zero-order valence-corrected chi connectivity index (χ0v) is 15.8. The third-order valence-corrected chi connectivity index (χ3v) is 4.55. The first-order valence-corrected chi connectivity index (χ1v) is 8.83. The number of quaternary nitrogens is 1. The number of methoxy groups -OCH3 is 2. The Labute approximate surface area is 156 Å². The molecule has 0 bridgehead atoms. The molecule has 1 aliphatic rings. The number of H-pyrrole nitrogens is 1. The number of aromatic amines is 1. The third-order valence-electron chi connectivity index (χ3n) is 4.55. The van der Waals surface area contributed by atoms with Gasteiger partial charge in [0, 0.05) is 19.2 Å². The molecule has 0 aliphatic carbocycles. The second kappa shape index (κ2) is 8.36. The van der Waals surface area contributed by atoms with Crippen LogP contribution in [0.15, 0.2) is 16.9 Å². The topological polar surface area (TPSA) is 98.2 Å². The molecule has 1 aliphatic heterocycles. The van der Waals surface area contributed by atoms with Crippen LogP contribution in [0.5, 0.6) is 11.5 Å². The van der Waals surface area contributed by atoms with Gasteiger partial charge in [-0.05, 0) is 6.07 Å². The highest BCUT2D eigenvalue weighted by Gasteiger charge is 2.21. The Morgan fingerprint density at radius 3 is 2.59 bits per heavy atom. The summed E-state index contributed by atoms with van der Waals surface area (Å²) < 4.78 is 15.8. The van der Waals surface area contributed by atoms with E-state index in [2.05, 4.69) is 9.97 Å². The number of rotatable bonds is 6. The molecule has 1 atom stereocenters. The Morgan fingerprint density at radius 1 is 1.26 bits per heavy atom. The summed E-state index contributed by atoms with van der Waals surface area (Å²) in [5.74, 6) is 1.58. The second-order valence-corrected chi connectivity index (χ2v) is 6.54. The Kier molecular flexibility index (Phi) is 5.92. The van der Waals surface area contributed by atoms with Crippen molar-refractivity contribution in [3.8, 4) is 11.5 Å². The molecule has 9 heteroatoms. The predicted molar refractivity (Wildman–Crippen MR) is 98.3 cm³/mol. The Bertz CT molecular complexity index is 876. The molecular weight excluding hydrogens is 352 g/mol. The number of carbonyl (C=O) groups is 1. The van der Waals surface area contributed by atoms with Crippen LogP contribution in [0.4, 0.5) is 0 Å². The molecule has 9 nitrogen and oxygen atoms in total. The van der Waals surface area contributed by atoms with Crippen molar-refractivity contribution in [3.05, 3.63) is 28.3 Å². The molecule has 1 saturated heterocycles. The van der Waals surface area contributed by atoms with Crippen LogP contribution >= 0.6 is 0 Å². The van der Waals surface area contributed by atoms with Gasteiger partial charge >= 0.3 is 0 Å². The fourth-order valence-electron chi connectivity index (χ4n) is 3.13. The van der Waals surface area contributed by atoms with Gasteiger partial charge in [0.15, 0.2) is 23.9 Å². The van der Waals surface area contributed by atoms with E-state index >= 15 is 0 Å². The monoisotopic (exact) mass is 377 g/mol. The van der Waals surface area contributed by atoms with Crippen molar-refractivity contribution in [2.75, 3.05) is 54.1 Å². The second-order valence-electron chi connectivity index (χ2n) is 6.54. The van der Waals surface area contributed by atoms with E-state index in [-0.39, 0.29) is 11.5 Å².